The van der Waals surface area contributed by atoms with Crippen molar-refractivity contribution < 1.29 is 4.74 Å². The fourth-order valence-electron chi connectivity index (χ4n) is 1.89. The summed E-state index contributed by atoms with van der Waals surface area (Å²) < 4.78 is 5.61. The zero-order valence-corrected chi connectivity index (χ0v) is 11.9. The normalized spacial score (nSPS) is 12.5. The summed E-state index contributed by atoms with van der Waals surface area (Å²) in [6.07, 6.45) is 0.177. The predicted octanol–water partition coefficient (Wildman–Crippen LogP) is 4.18. The maximum atomic E-state index is 6.23. The van der Waals surface area contributed by atoms with Gasteiger partial charge in [0.15, 0.2) is 0 Å². The molecule has 0 saturated heterocycles. The van der Waals surface area contributed by atoms with Crippen molar-refractivity contribution in [1.82, 2.24) is 0 Å². The van der Waals surface area contributed by atoms with Crippen LogP contribution in [0.2, 0.25) is 5.02 Å². The van der Waals surface area contributed by atoms with Gasteiger partial charge in [0, 0.05) is 5.02 Å². The maximum Gasteiger partial charge on any atom is 0.119 e. The Hall–Kier alpha value is -1.51. The largest absolute Gasteiger partial charge is 0.491 e. The Kier molecular flexibility index (Phi) is 4.46. The molecule has 0 saturated carbocycles. The van der Waals surface area contributed by atoms with E-state index in [9.17, 15) is 0 Å². The van der Waals surface area contributed by atoms with Crippen LogP contribution in [0.15, 0.2) is 48.5 Å². The van der Waals surface area contributed by atoms with E-state index >= 15 is 0 Å². The lowest BCUT2D eigenvalue weighted by Gasteiger charge is -2.14. The second-order valence-electron chi connectivity index (χ2n) is 4.76. The second-order valence-corrected chi connectivity index (χ2v) is 5.20. The van der Waals surface area contributed by atoms with E-state index in [0.29, 0.717) is 0 Å². The summed E-state index contributed by atoms with van der Waals surface area (Å²) in [5, 5.41) is 0.719. The van der Waals surface area contributed by atoms with Crippen molar-refractivity contribution in [2.45, 2.75) is 26.0 Å². The summed E-state index contributed by atoms with van der Waals surface area (Å²) in [6.45, 7) is 4.01. The van der Waals surface area contributed by atoms with Crippen molar-refractivity contribution in [3.8, 4) is 5.75 Å². The van der Waals surface area contributed by atoms with Gasteiger partial charge < -0.3 is 10.5 Å². The standard InChI is InChI=1S/C16H18ClNO/c1-11(2)19-15-9-5-13(6-10-15)16(18)12-3-7-14(17)8-4-12/h3-11,16H,18H2,1-2H3. The molecule has 0 aliphatic rings. The first-order valence-corrected chi connectivity index (χ1v) is 6.71. The van der Waals surface area contributed by atoms with Crippen LogP contribution in [0.1, 0.15) is 31.0 Å². The molecule has 0 amide bonds. The minimum Gasteiger partial charge on any atom is -0.491 e. The Balaban J connectivity index is 2.15. The van der Waals surface area contributed by atoms with Crippen LogP contribution in [-0.4, -0.2) is 6.10 Å². The molecule has 0 bridgehead atoms. The smallest absolute Gasteiger partial charge is 0.119 e. The third kappa shape index (κ3) is 3.72. The first kappa shape index (κ1) is 13.9. The molecule has 2 N–H and O–H groups in total. The molecule has 1 atom stereocenters. The van der Waals surface area contributed by atoms with Crippen LogP contribution in [0.5, 0.6) is 5.75 Å². The zero-order chi connectivity index (χ0) is 13.8. The maximum absolute atomic E-state index is 6.23. The number of ether oxygens (including phenoxy) is 1. The van der Waals surface area contributed by atoms with E-state index in [1.165, 1.54) is 0 Å². The van der Waals surface area contributed by atoms with E-state index in [4.69, 9.17) is 22.1 Å². The highest BCUT2D eigenvalue weighted by Gasteiger charge is 2.09. The van der Waals surface area contributed by atoms with Crippen LogP contribution in [0.3, 0.4) is 0 Å². The molecule has 3 heteroatoms. The van der Waals surface area contributed by atoms with Crippen LogP contribution in [0.25, 0.3) is 0 Å². The monoisotopic (exact) mass is 275 g/mol. The van der Waals surface area contributed by atoms with E-state index in [2.05, 4.69) is 0 Å². The van der Waals surface area contributed by atoms with E-state index < -0.39 is 0 Å². The Morgan fingerprint density at radius 3 is 1.84 bits per heavy atom. The Morgan fingerprint density at radius 2 is 1.37 bits per heavy atom. The average Bonchev–Trinajstić information content (AvgIpc) is 2.39. The number of hydrogen-bond donors (Lipinski definition) is 1. The third-order valence-corrected chi connectivity index (χ3v) is 3.09. The summed E-state index contributed by atoms with van der Waals surface area (Å²) in [4.78, 5) is 0. The zero-order valence-electron chi connectivity index (χ0n) is 11.1. The van der Waals surface area contributed by atoms with Crippen LogP contribution in [0, 0.1) is 0 Å². The summed E-state index contributed by atoms with van der Waals surface area (Å²) in [5.41, 5.74) is 8.33. The lowest BCUT2D eigenvalue weighted by molar-refractivity contribution is 0.242. The lowest BCUT2D eigenvalue weighted by atomic mass is 10.00. The van der Waals surface area contributed by atoms with Gasteiger partial charge in [0.1, 0.15) is 5.75 Å². The molecule has 0 aliphatic heterocycles. The van der Waals surface area contributed by atoms with Gasteiger partial charge in [0.05, 0.1) is 12.1 Å². The van der Waals surface area contributed by atoms with Gasteiger partial charge in [-0.1, -0.05) is 35.9 Å². The minimum atomic E-state index is -0.148. The molecule has 2 nitrogen and oxygen atoms in total. The molecule has 0 heterocycles. The molecular weight excluding hydrogens is 258 g/mol. The first-order chi connectivity index (χ1) is 9.06. The molecule has 2 aromatic carbocycles. The number of rotatable bonds is 4. The number of benzene rings is 2. The van der Waals surface area contributed by atoms with Gasteiger partial charge in [-0.15, -0.1) is 0 Å². The van der Waals surface area contributed by atoms with Gasteiger partial charge in [0.25, 0.3) is 0 Å². The van der Waals surface area contributed by atoms with Crippen molar-refractivity contribution in [2.24, 2.45) is 5.73 Å². The summed E-state index contributed by atoms with van der Waals surface area (Å²) in [7, 11) is 0. The Labute approximate surface area is 119 Å². The first-order valence-electron chi connectivity index (χ1n) is 6.34. The summed E-state index contributed by atoms with van der Waals surface area (Å²) >= 11 is 5.87. The fraction of sp³-hybridized carbons (Fsp3) is 0.250. The highest BCUT2D eigenvalue weighted by molar-refractivity contribution is 6.30. The molecular formula is C16H18ClNO. The van der Waals surface area contributed by atoms with Crippen molar-refractivity contribution in [2.75, 3.05) is 0 Å². The van der Waals surface area contributed by atoms with Crippen molar-refractivity contribution in [1.29, 1.82) is 0 Å². The average molecular weight is 276 g/mol. The molecule has 2 rings (SSSR count). The molecule has 19 heavy (non-hydrogen) atoms. The highest BCUT2D eigenvalue weighted by Crippen LogP contribution is 2.23. The molecule has 0 aliphatic carbocycles. The molecule has 100 valence electrons. The summed E-state index contributed by atoms with van der Waals surface area (Å²) in [5.74, 6) is 0.863. The SMILES string of the molecule is CC(C)Oc1ccc(C(N)c2ccc(Cl)cc2)cc1. The van der Waals surface area contributed by atoms with E-state index in [-0.39, 0.29) is 12.1 Å². The quantitative estimate of drug-likeness (QED) is 0.909. The van der Waals surface area contributed by atoms with Crippen molar-refractivity contribution >= 4 is 11.6 Å². The van der Waals surface area contributed by atoms with Crippen LogP contribution < -0.4 is 10.5 Å². The number of nitrogens with two attached hydrogens (primary N) is 1. The number of halogens is 1. The van der Waals surface area contributed by atoms with E-state index in [0.717, 1.165) is 21.9 Å². The lowest BCUT2D eigenvalue weighted by Crippen LogP contribution is -2.12. The van der Waals surface area contributed by atoms with Crippen LogP contribution in [0.4, 0.5) is 0 Å². The molecule has 0 spiro atoms. The van der Waals surface area contributed by atoms with E-state index in [1.54, 1.807) is 0 Å². The van der Waals surface area contributed by atoms with Crippen molar-refractivity contribution in [3.63, 3.8) is 0 Å². The summed E-state index contributed by atoms with van der Waals surface area (Å²) in [6, 6.07) is 15.4. The third-order valence-electron chi connectivity index (χ3n) is 2.84. The second kappa shape index (κ2) is 6.09. The predicted molar refractivity (Wildman–Crippen MR) is 79.7 cm³/mol. The fourth-order valence-corrected chi connectivity index (χ4v) is 2.01. The van der Waals surface area contributed by atoms with Gasteiger partial charge in [-0.05, 0) is 49.2 Å². The van der Waals surface area contributed by atoms with Gasteiger partial charge in [0.2, 0.25) is 0 Å². The topological polar surface area (TPSA) is 35.2 Å². The van der Waals surface area contributed by atoms with Gasteiger partial charge in [-0.25, -0.2) is 0 Å². The molecule has 0 radical (unpaired) electrons. The highest BCUT2D eigenvalue weighted by atomic mass is 35.5. The minimum absolute atomic E-state index is 0.148. The van der Waals surface area contributed by atoms with Gasteiger partial charge in [-0.2, -0.15) is 0 Å². The Morgan fingerprint density at radius 1 is 0.895 bits per heavy atom. The molecule has 1 unspecified atom stereocenters. The van der Waals surface area contributed by atoms with Crippen molar-refractivity contribution in [3.05, 3.63) is 64.7 Å². The molecule has 2 aromatic rings. The van der Waals surface area contributed by atoms with Crippen LogP contribution in [-0.2, 0) is 0 Å². The molecule has 0 aromatic heterocycles. The van der Waals surface area contributed by atoms with Gasteiger partial charge >= 0.3 is 0 Å². The molecule has 0 fully saturated rings. The number of hydrogen-bond acceptors (Lipinski definition) is 2. The van der Waals surface area contributed by atoms with Crippen LogP contribution >= 0.6 is 11.6 Å². The van der Waals surface area contributed by atoms with Gasteiger partial charge in [-0.3, -0.25) is 0 Å². The Bertz CT molecular complexity index is 519. The van der Waals surface area contributed by atoms with E-state index in [1.807, 2.05) is 62.4 Å².